The van der Waals surface area contributed by atoms with Gasteiger partial charge in [-0.1, -0.05) is 5.16 Å². The Morgan fingerprint density at radius 3 is 2.55 bits per heavy atom. The second-order valence-corrected chi connectivity index (χ2v) is 9.50. The van der Waals surface area contributed by atoms with Gasteiger partial charge in [-0.3, -0.25) is 9.59 Å². The number of rotatable bonds is 8. The molecule has 38 heavy (non-hydrogen) atoms. The van der Waals surface area contributed by atoms with Crippen molar-refractivity contribution in [2.24, 2.45) is 5.92 Å². The van der Waals surface area contributed by atoms with Gasteiger partial charge in [-0.25, -0.2) is 22.9 Å². The van der Waals surface area contributed by atoms with Gasteiger partial charge in [0, 0.05) is 19.3 Å². The second kappa shape index (κ2) is 10.6. The molecule has 0 aromatic carbocycles. The number of fused-ring (bicyclic) bond motifs is 1. The fourth-order valence-corrected chi connectivity index (χ4v) is 4.42. The van der Waals surface area contributed by atoms with Crippen molar-refractivity contribution in [3.63, 3.8) is 0 Å². The third-order valence-corrected chi connectivity index (χ3v) is 6.58. The predicted molar refractivity (Wildman–Crippen MR) is 121 cm³/mol. The number of imidazole rings is 1. The molecule has 0 saturated heterocycles. The van der Waals surface area contributed by atoms with Crippen LogP contribution in [0.2, 0.25) is 0 Å². The van der Waals surface area contributed by atoms with E-state index in [-0.39, 0.29) is 43.0 Å². The van der Waals surface area contributed by atoms with Crippen LogP contribution in [0.25, 0.3) is 5.65 Å². The molecule has 2 amide bonds. The molecule has 1 aliphatic carbocycles. The van der Waals surface area contributed by atoms with Gasteiger partial charge in [0.15, 0.2) is 11.3 Å². The maximum Gasteiger partial charge on any atom is 0.389 e. The molecule has 4 rings (SSSR count). The molecular formula is C23H26F5N7O3. The fourth-order valence-electron chi connectivity index (χ4n) is 4.42. The zero-order valence-corrected chi connectivity index (χ0v) is 20.6. The molecule has 10 nitrogen and oxygen atoms in total. The minimum Gasteiger partial charge on any atom is -0.350 e. The quantitative estimate of drug-likeness (QED) is 0.407. The monoisotopic (exact) mass is 543 g/mol. The second-order valence-electron chi connectivity index (χ2n) is 9.50. The van der Waals surface area contributed by atoms with E-state index in [2.05, 4.69) is 35.7 Å². The number of carbonyl (C=O) groups excluding carboxylic acids is 2. The standard InChI is InChI=1S/C23H26F5N7O3/c1-12(30-18(36)5-8-23(26,27)28)15-9-17-31-16(11-35(17)29-10-15)20(14-3-6-22(24,25)7-4-14)32-21(37)19-13(2)33-38-34-19/h9-12,14,20H,3-8H2,1-2H3,(H,30,36)(H,32,37)/t12-,20+/m1/s1. The summed E-state index contributed by atoms with van der Waals surface area (Å²) in [5.74, 6) is -4.46. The van der Waals surface area contributed by atoms with E-state index in [4.69, 9.17) is 0 Å². The van der Waals surface area contributed by atoms with Crippen molar-refractivity contribution in [1.29, 1.82) is 0 Å². The number of hydrogen-bond acceptors (Lipinski definition) is 7. The molecule has 1 aliphatic rings. The van der Waals surface area contributed by atoms with Crippen LogP contribution in [0.5, 0.6) is 0 Å². The summed E-state index contributed by atoms with van der Waals surface area (Å²) >= 11 is 0. The van der Waals surface area contributed by atoms with Crippen LogP contribution in [0.3, 0.4) is 0 Å². The molecule has 2 N–H and O–H groups in total. The lowest BCUT2D eigenvalue weighted by atomic mass is 9.81. The summed E-state index contributed by atoms with van der Waals surface area (Å²) in [6, 6.07) is 0.219. The van der Waals surface area contributed by atoms with Gasteiger partial charge in [0.2, 0.25) is 11.8 Å². The van der Waals surface area contributed by atoms with Gasteiger partial charge in [-0.05, 0) is 49.4 Å². The van der Waals surface area contributed by atoms with Gasteiger partial charge in [0.05, 0.1) is 36.6 Å². The lowest BCUT2D eigenvalue weighted by Crippen LogP contribution is -2.37. The third-order valence-electron chi connectivity index (χ3n) is 6.58. The lowest BCUT2D eigenvalue weighted by molar-refractivity contribution is -0.144. The Labute approximate surface area is 213 Å². The van der Waals surface area contributed by atoms with E-state index in [1.54, 1.807) is 26.1 Å². The van der Waals surface area contributed by atoms with E-state index < -0.39 is 48.8 Å². The van der Waals surface area contributed by atoms with E-state index in [1.165, 1.54) is 10.7 Å². The third kappa shape index (κ3) is 6.61. The summed E-state index contributed by atoms with van der Waals surface area (Å²) in [6.45, 7) is 3.14. The lowest BCUT2D eigenvalue weighted by Gasteiger charge is -2.33. The zero-order chi connectivity index (χ0) is 27.7. The zero-order valence-electron chi connectivity index (χ0n) is 20.6. The highest BCUT2D eigenvalue weighted by atomic mass is 19.4. The van der Waals surface area contributed by atoms with Gasteiger partial charge in [-0.15, -0.1) is 0 Å². The SMILES string of the molecule is Cc1nonc1C(=O)N[C@H](c1cn2ncc([C@@H](C)NC(=O)CCC(F)(F)F)cc2n1)C1CCC(F)(F)CC1. The van der Waals surface area contributed by atoms with Crippen molar-refractivity contribution in [2.45, 2.75) is 76.6 Å². The van der Waals surface area contributed by atoms with Crippen molar-refractivity contribution in [1.82, 2.24) is 35.5 Å². The van der Waals surface area contributed by atoms with Gasteiger partial charge in [-0.2, -0.15) is 18.3 Å². The highest BCUT2D eigenvalue weighted by Gasteiger charge is 2.39. The Hall–Kier alpha value is -3.65. The average molecular weight is 543 g/mol. The number of hydrogen-bond donors (Lipinski definition) is 2. The highest BCUT2D eigenvalue weighted by molar-refractivity contribution is 5.93. The molecule has 3 aromatic rings. The molecule has 1 fully saturated rings. The number of nitrogens with zero attached hydrogens (tertiary/aromatic N) is 5. The van der Waals surface area contributed by atoms with Crippen LogP contribution < -0.4 is 10.6 Å². The van der Waals surface area contributed by atoms with Gasteiger partial charge in [0.1, 0.15) is 5.69 Å². The van der Waals surface area contributed by atoms with Crippen molar-refractivity contribution < 1.29 is 36.2 Å². The first-order chi connectivity index (χ1) is 17.8. The minimum absolute atomic E-state index is 0.0320. The maximum absolute atomic E-state index is 13.8. The highest BCUT2D eigenvalue weighted by Crippen LogP contribution is 2.41. The number of aryl methyl sites for hydroxylation is 1. The van der Waals surface area contributed by atoms with Crippen molar-refractivity contribution in [2.75, 3.05) is 0 Å². The normalized spacial score (nSPS) is 17.8. The van der Waals surface area contributed by atoms with Gasteiger partial charge >= 0.3 is 6.18 Å². The summed E-state index contributed by atoms with van der Waals surface area (Å²) in [5, 5.41) is 16.8. The van der Waals surface area contributed by atoms with Crippen LogP contribution in [0.4, 0.5) is 22.0 Å². The smallest absolute Gasteiger partial charge is 0.350 e. The number of alkyl halides is 5. The van der Waals surface area contributed by atoms with E-state index in [0.29, 0.717) is 16.9 Å². The summed E-state index contributed by atoms with van der Waals surface area (Å²) in [7, 11) is 0. The molecule has 206 valence electrons. The summed E-state index contributed by atoms with van der Waals surface area (Å²) in [5.41, 5.74) is 1.46. The van der Waals surface area contributed by atoms with Crippen LogP contribution in [-0.2, 0) is 4.79 Å². The average Bonchev–Trinajstić information content (AvgIpc) is 3.46. The Morgan fingerprint density at radius 2 is 1.92 bits per heavy atom. The Balaban J connectivity index is 1.55. The number of aromatic nitrogens is 5. The Kier molecular flexibility index (Phi) is 7.65. The van der Waals surface area contributed by atoms with Crippen molar-refractivity contribution >= 4 is 17.5 Å². The molecule has 0 unspecified atom stereocenters. The topological polar surface area (TPSA) is 127 Å². The summed E-state index contributed by atoms with van der Waals surface area (Å²) in [6.07, 6.45) is -3.69. The molecular weight excluding hydrogens is 517 g/mol. The Bertz CT molecular complexity index is 1300. The number of amides is 2. The number of nitrogens with one attached hydrogen (secondary N) is 2. The largest absolute Gasteiger partial charge is 0.389 e. The molecule has 3 aromatic heterocycles. The Morgan fingerprint density at radius 1 is 1.21 bits per heavy atom. The molecule has 0 bridgehead atoms. The van der Waals surface area contributed by atoms with Crippen LogP contribution in [0, 0.1) is 12.8 Å². The predicted octanol–water partition coefficient (Wildman–Crippen LogP) is 4.24. The van der Waals surface area contributed by atoms with E-state index in [1.807, 2.05) is 0 Å². The van der Waals surface area contributed by atoms with E-state index in [0.717, 1.165) is 0 Å². The maximum atomic E-state index is 13.8. The van der Waals surface area contributed by atoms with Crippen molar-refractivity contribution in [3.8, 4) is 0 Å². The molecule has 15 heteroatoms. The van der Waals surface area contributed by atoms with E-state index >= 15 is 0 Å². The molecule has 0 radical (unpaired) electrons. The van der Waals surface area contributed by atoms with Crippen molar-refractivity contribution in [3.05, 3.63) is 41.1 Å². The van der Waals surface area contributed by atoms with Crippen LogP contribution in [0.1, 0.15) is 85.0 Å². The van der Waals surface area contributed by atoms with Gasteiger partial charge in [0.25, 0.3) is 5.91 Å². The first-order valence-corrected chi connectivity index (χ1v) is 12.0. The first-order valence-electron chi connectivity index (χ1n) is 12.0. The molecule has 0 aliphatic heterocycles. The molecule has 1 saturated carbocycles. The van der Waals surface area contributed by atoms with Gasteiger partial charge < -0.3 is 10.6 Å². The molecule has 3 heterocycles. The van der Waals surface area contributed by atoms with Crippen LogP contribution in [0.15, 0.2) is 23.1 Å². The molecule has 2 atom stereocenters. The first kappa shape index (κ1) is 27.4. The summed E-state index contributed by atoms with van der Waals surface area (Å²) < 4.78 is 70.9. The van der Waals surface area contributed by atoms with Crippen LogP contribution in [-0.4, -0.2) is 48.8 Å². The minimum atomic E-state index is -4.43. The number of halogens is 5. The fraction of sp³-hybridized carbons (Fsp3) is 0.565. The number of carbonyl (C=O) groups is 2. The van der Waals surface area contributed by atoms with E-state index in [9.17, 15) is 31.5 Å². The van der Waals surface area contributed by atoms with Crippen LogP contribution >= 0.6 is 0 Å². The molecule has 0 spiro atoms. The summed E-state index contributed by atoms with van der Waals surface area (Å²) in [4.78, 5) is 29.3.